The van der Waals surface area contributed by atoms with Crippen molar-refractivity contribution in [1.29, 1.82) is 0 Å². The highest BCUT2D eigenvalue weighted by molar-refractivity contribution is 6.04. The van der Waals surface area contributed by atoms with Gasteiger partial charge in [0, 0.05) is 10.8 Å². The highest BCUT2D eigenvalue weighted by Crippen LogP contribution is 2.29. The molecule has 0 radical (unpaired) electrons. The number of aromatic hydroxyl groups is 2. The van der Waals surface area contributed by atoms with E-state index in [1.54, 1.807) is 24.3 Å². The zero-order valence-electron chi connectivity index (χ0n) is 16.8. The lowest BCUT2D eigenvalue weighted by Gasteiger charge is -2.04. The van der Waals surface area contributed by atoms with Crippen molar-refractivity contribution in [2.45, 2.75) is 13.8 Å². The molecule has 0 saturated carbocycles. The van der Waals surface area contributed by atoms with Gasteiger partial charge in [-0.25, -0.2) is 0 Å². The number of phenolic OH excluding ortho intramolecular Hbond substituents is 2. The van der Waals surface area contributed by atoms with Crippen molar-refractivity contribution in [3.05, 3.63) is 83.9 Å². The second kappa shape index (κ2) is 9.98. The maximum absolute atomic E-state index is 11.1. The molecule has 0 aromatic heterocycles. The third-order valence-corrected chi connectivity index (χ3v) is 4.56. The second-order valence-corrected chi connectivity index (χ2v) is 6.48. The molecule has 0 aliphatic carbocycles. The smallest absolute Gasteiger partial charge is 0.163 e. The van der Waals surface area contributed by atoms with E-state index >= 15 is 0 Å². The summed E-state index contributed by atoms with van der Waals surface area (Å²) in [5.74, 6) is -0.0762. The Balaban J connectivity index is 0.000000197. The van der Waals surface area contributed by atoms with Crippen LogP contribution in [0.2, 0.25) is 0 Å². The molecule has 0 aliphatic heterocycles. The monoisotopic (exact) mass is 402 g/mol. The fourth-order valence-electron chi connectivity index (χ4n) is 3.08. The minimum atomic E-state index is -0.117. The first kappa shape index (κ1) is 22.3. The minimum absolute atomic E-state index is 0.0793. The van der Waals surface area contributed by atoms with Crippen LogP contribution >= 0.6 is 0 Å². The summed E-state index contributed by atoms with van der Waals surface area (Å²) in [5, 5.41) is 22.9. The average Bonchev–Trinajstić information content (AvgIpc) is 2.76. The predicted octanol–water partition coefficient (Wildman–Crippen LogP) is 5.31. The summed E-state index contributed by atoms with van der Waals surface area (Å²) in [7, 11) is 0. The lowest BCUT2D eigenvalue weighted by Crippen LogP contribution is -1.92. The third kappa shape index (κ3) is 4.70. The van der Waals surface area contributed by atoms with Crippen LogP contribution < -0.4 is 0 Å². The van der Waals surface area contributed by atoms with Crippen LogP contribution in [0.1, 0.15) is 34.6 Å². The van der Waals surface area contributed by atoms with Crippen molar-refractivity contribution in [3.63, 3.8) is 0 Å². The normalized spacial score (nSPS) is 9.80. The van der Waals surface area contributed by atoms with E-state index in [-0.39, 0.29) is 23.1 Å². The van der Waals surface area contributed by atoms with Gasteiger partial charge in [-0.3, -0.25) is 9.59 Å². The molecule has 4 aromatic rings. The number of ketones is 2. The number of fused-ring (bicyclic) bond motifs is 2. The topological polar surface area (TPSA) is 91.7 Å². The Hall–Kier alpha value is -3.99. The highest BCUT2D eigenvalue weighted by atomic mass is 16.3. The number of carbonyl (C=O) groups excluding carboxylic acids is 3. The van der Waals surface area contributed by atoms with Gasteiger partial charge in [-0.2, -0.15) is 0 Å². The molecule has 4 rings (SSSR count). The van der Waals surface area contributed by atoms with Gasteiger partial charge < -0.3 is 15.0 Å². The molecule has 0 bridgehead atoms. The summed E-state index contributed by atoms with van der Waals surface area (Å²) in [6.07, 6.45) is 0. The van der Waals surface area contributed by atoms with E-state index in [9.17, 15) is 19.8 Å². The summed E-state index contributed by atoms with van der Waals surface area (Å²) < 4.78 is 0. The fraction of sp³-hybridized carbons (Fsp3) is 0.0800. The molecule has 0 heterocycles. The van der Waals surface area contributed by atoms with Crippen molar-refractivity contribution in [1.82, 2.24) is 0 Å². The second-order valence-electron chi connectivity index (χ2n) is 6.48. The first-order valence-corrected chi connectivity index (χ1v) is 9.12. The number of phenols is 2. The molecule has 5 nitrogen and oxygen atoms in total. The van der Waals surface area contributed by atoms with Gasteiger partial charge >= 0.3 is 0 Å². The molecule has 0 unspecified atom stereocenters. The van der Waals surface area contributed by atoms with Gasteiger partial charge in [0.1, 0.15) is 18.3 Å². The summed E-state index contributed by atoms with van der Waals surface area (Å²) in [6.45, 7) is 4.90. The largest absolute Gasteiger partial charge is 0.507 e. The Morgan fingerprint density at radius 3 is 1.27 bits per heavy atom. The van der Waals surface area contributed by atoms with Crippen LogP contribution in [-0.2, 0) is 4.79 Å². The number of carbonyl (C=O) groups is 3. The van der Waals surface area contributed by atoms with E-state index in [1.807, 2.05) is 55.3 Å². The zero-order chi connectivity index (χ0) is 22.3. The van der Waals surface area contributed by atoms with Gasteiger partial charge in [0.05, 0.1) is 11.1 Å². The van der Waals surface area contributed by atoms with Gasteiger partial charge in [-0.05, 0) is 36.8 Å². The summed E-state index contributed by atoms with van der Waals surface area (Å²) in [6, 6.07) is 21.9. The molecule has 0 fully saturated rings. The number of hydrogen-bond acceptors (Lipinski definition) is 5. The molecule has 0 spiro atoms. The number of Topliss-reactive ketones (excluding diaryl/α,β-unsaturated/α-hetero) is 2. The highest BCUT2D eigenvalue weighted by Gasteiger charge is 2.09. The number of benzene rings is 4. The van der Waals surface area contributed by atoms with Gasteiger partial charge in [0.25, 0.3) is 0 Å². The first-order valence-electron chi connectivity index (χ1n) is 9.12. The maximum Gasteiger partial charge on any atom is 0.163 e. The van der Waals surface area contributed by atoms with E-state index in [0.29, 0.717) is 11.1 Å². The molecular weight excluding hydrogens is 380 g/mol. The zero-order valence-corrected chi connectivity index (χ0v) is 16.8. The summed E-state index contributed by atoms with van der Waals surface area (Å²) in [4.78, 5) is 30.3. The van der Waals surface area contributed by atoms with Crippen molar-refractivity contribution in [2.75, 3.05) is 0 Å². The molecule has 5 heteroatoms. The van der Waals surface area contributed by atoms with Gasteiger partial charge in [0.15, 0.2) is 11.6 Å². The van der Waals surface area contributed by atoms with Crippen LogP contribution in [-0.4, -0.2) is 28.6 Å². The molecule has 0 atom stereocenters. The van der Waals surface area contributed by atoms with Gasteiger partial charge in [-0.15, -0.1) is 0 Å². The Labute approximate surface area is 174 Å². The third-order valence-electron chi connectivity index (χ3n) is 4.56. The SMILES string of the molecule is C=O.CC(=O)c1ccc2ccccc2c1O.CC(=O)c1ccc2ccccc2c1O. The maximum atomic E-state index is 11.1. The Kier molecular flexibility index (Phi) is 7.42. The average molecular weight is 402 g/mol. The van der Waals surface area contributed by atoms with Gasteiger partial charge in [0.2, 0.25) is 0 Å². The lowest BCUT2D eigenvalue weighted by atomic mass is 10.0. The van der Waals surface area contributed by atoms with Crippen molar-refractivity contribution in [3.8, 4) is 11.5 Å². The first-order chi connectivity index (χ1) is 14.4. The van der Waals surface area contributed by atoms with E-state index in [2.05, 4.69) is 0 Å². The van der Waals surface area contributed by atoms with E-state index in [1.165, 1.54) is 13.8 Å². The fourth-order valence-corrected chi connectivity index (χ4v) is 3.08. The van der Waals surface area contributed by atoms with Crippen molar-refractivity contribution in [2.24, 2.45) is 0 Å². The quantitative estimate of drug-likeness (QED) is 0.443. The van der Waals surface area contributed by atoms with E-state index in [0.717, 1.165) is 21.5 Å². The molecule has 152 valence electrons. The standard InChI is InChI=1S/2C12H10O2.CH2O/c2*1-8(13)10-7-6-9-4-2-3-5-11(9)12(10)14;1-2/h2*2-7,14H,1H3;1H2. The van der Waals surface area contributed by atoms with Crippen LogP contribution in [0.5, 0.6) is 11.5 Å². The van der Waals surface area contributed by atoms with Crippen molar-refractivity contribution < 1.29 is 24.6 Å². The van der Waals surface area contributed by atoms with Crippen LogP contribution in [0.4, 0.5) is 0 Å². The molecule has 0 saturated heterocycles. The van der Waals surface area contributed by atoms with Crippen LogP contribution in [0, 0.1) is 0 Å². The summed E-state index contributed by atoms with van der Waals surface area (Å²) in [5.41, 5.74) is 0.757. The minimum Gasteiger partial charge on any atom is -0.507 e. The Morgan fingerprint density at radius 1 is 0.600 bits per heavy atom. The van der Waals surface area contributed by atoms with Crippen molar-refractivity contribution >= 4 is 39.9 Å². The predicted molar refractivity (Wildman–Crippen MR) is 118 cm³/mol. The van der Waals surface area contributed by atoms with Crippen LogP contribution in [0.15, 0.2) is 72.8 Å². The molecule has 30 heavy (non-hydrogen) atoms. The molecule has 2 N–H and O–H groups in total. The molecule has 0 amide bonds. The number of rotatable bonds is 2. The Bertz CT molecular complexity index is 1120. The van der Waals surface area contributed by atoms with Crippen LogP contribution in [0.25, 0.3) is 21.5 Å². The Morgan fingerprint density at radius 2 is 0.933 bits per heavy atom. The van der Waals surface area contributed by atoms with Crippen LogP contribution in [0.3, 0.4) is 0 Å². The van der Waals surface area contributed by atoms with Gasteiger partial charge in [-0.1, -0.05) is 60.7 Å². The number of hydrogen-bond donors (Lipinski definition) is 2. The molecule has 0 aliphatic rings. The molecule has 4 aromatic carbocycles. The molecular formula is C25H22O5. The lowest BCUT2D eigenvalue weighted by molar-refractivity contribution is -0.0980. The summed E-state index contributed by atoms with van der Waals surface area (Å²) >= 11 is 0. The van der Waals surface area contributed by atoms with E-state index < -0.39 is 0 Å². The van der Waals surface area contributed by atoms with E-state index in [4.69, 9.17) is 4.79 Å².